The molecule has 0 amide bonds. The maximum absolute atomic E-state index is 3.39. The van der Waals surface area contributed by atoms with Crippen molar-refractivity contribution in [3.05, 3.63) is 0 Å². The van der Waals surface area contributed by atoms with Gasteiger partial charge in [0.15, 0.2) is 0 Å². The van der Waals surface area contributed by atoms with Gasteiger partial charge in [0.05, 0.1) is 3.74 Å². The molecule has 0 bridgehead atoms. The average Bonchev–Trinajstić information content (AvgIpc) is 1.61. The molecular weight excluding hydrogens is 220 g/mol. The molecule has 0 nitrogen and oxygen atoms in total. The largest absolute Gasteiger partial charge is 0.0765 e. The molecule has 0 atom stereocenters. The minimum Gasteiger partial charge on any atom is -0.0765 e. The van der Waals surface area contributed by atoms with E-state index < -0.39 is 0 Å². The molecule has 0 saturated carbocycles. The summed E-state index contributed by atoms with van der Waals surface area (Å²) in [6, 6.07) is 0. The summed E-state index contributed by atoms with van der Waals surface area (Å²) in [5.74, 6) is 0. The standard InChI is InChI=1S/C5H10Br2/c1-2-3-4-5(6)7/h5H,2-4H2,1H3. The quantitative estimate of drug-likeness (QED) is 0.652. The van der Waals surface area contributed by atoms with E-state index in [-0.39, 0.29) is 0 Å². The molecule has 0 aromatic carbocycles. The Kier molecular flexibility index (Phi) is 5.80. The van der Waals surface area contributed by atoms with Crippen molar-refractivity contribution in [2.75, 3.05) is 0 Å². The van der Waals surface area contributed by atoms with Crippen LogP contribution in [0.3, 0.4) is 0 Å². The van der Waals surface area contributed by atoms with Crippen LogP contribution >= 0.6 is 31.9 Å². The van der Waals surface area contributed by atoms with Crippen molar-refractivity contribution in [1.29, 1.82) is 0 Å². The lowest BCUT2D eigenvalue weighted by atomic mass is 10.3. The molecule has 0 aliphatic rings. The molecule has 0 radical (unpaired) electrons. The molecule has 0 saturated heterocycles. The molecule has 0 aliphatic heterocycles. The number of unbranched alkanes of at least 4 members (excludes halogenated alkanes) is 1. The smallest absolute Gasteiger partial charge is 0.0697 e. The fourth-order valence-corrected chi connectivity index (χ4v) is 1.01. The highest BCUT2D eigenvalue weighted by Crippen LogP contribution is 2.14. The normalized spacial score (nSPS) is 10.3. The monoisotopic (exact) mass is 228 g/mol. The van der Waals surface area contributed by atoms with Gasteiger partial charge in [0.1, 0.15) is 0 Å². The first kappa shape index (κ1) is 7.96. The topological polar surface area (TPSA) is 0 Å². The van der Waals surface area contributed by atoms with Gasteiger partial charge >= 0.3 is 0 Å². The van der Waals surface area contributed by atoms with E-state index in [0.29, 0.717) is 3.74 Å². The average molecular weight is 230 g/mol. The van der Waals surface area contributed by atoms with Gasteiger partial charge in [-0.1, -0.05) is 51.6 Å². The van der Waals surface area contributed by atoms with E-state index >= 15 is 0 Å². The lowest BCUT2D eigenvalue weighted by Crippen LogP contribution is -1.81. The summed E-state index contributed by atoms with van der Waals surface area (Å²) in [6.07, 6.45) is 3.82. The minimum absolute atomic E-state index is 0.528. The van der Waals surface area contributed by atoms with Gasteiger partial charge in [-0.15, -0.1) is 0 Å². The van der Waals surface area contributed by atoms with Crippen LogP contribution in [0.5, 0.6) is 0 Å². The highest BCUT2D eigenvalue weighted by molar-refractivity contribution is 9.24. The Morgan fingerprint density at radius 2 is 2.00 bits per heavy atom. The summed E-state index contributed by atoms with van der Waals surface area (Å²) < 4.78 is 0.528. The van der Waals surface area contributed by atoms with Gasteiger partial charge in [-0.25, -0.2) is 0 Å². The number of halogens is 2. The van der Waals surface area contributed by atoms with Gasteiger partial charge in [0, 0.05) is 0 Å². The van der Waals surface area contributed by atoms with E-state index in [1.165, 1.54) is 19.3 Å². The Bertz CT molecular complexity index is 35.1. The number of alkyl halides is 2. The van der Waals surface area contributed by atoms with Gasteiger partial charge < -0.3 is 0 Å². The second kappa shape index (κ2) is 5.10. The van der Waals surface area contributed by atoms with Crippen LogP contribution in [0.2, 0.25) is 0 Å². The van der Waals surface area contributed by atoms with Gasteiger partial charge in [0.25, 0.3) is 0 Å². The van der Waals surface area contributed by atoms with Crippen LogP contribution in [0.25, 0.3) is 0 Å². The number of hydrogen-bond donors (Lipinski definition) is 0. The first-order valence-electron chi connectivity index (χ1n) is 2.55. The molecule has 0 fully saturated rings. The Hall–Kier alpha value is 0.960. The molecule has 0 rings (SSSR count). The van der Waals surface area contributed by atoms with Crippen molar-refractivity contribution in [2.45, 2.75) is 29.9 Å². The Morgan fingerprint density at radius 1 is 1.43 bits per heavy atom. The number of hydrogen-bond acceptors (Lipinski definition) is 0. The Balaban J connectivity index is 2.68. The number of rotatable bonds is 3. The maximum atomic E-state index is 3.39. The van der Waals surface area contributed by atoms with E-state index in [1.807, 2.05) is 0 Å². The van der Waals surface area contributed by atoms with Crippen molar-refractivity contribution in [2.24, 2.45) is 0 Å². The molecule has 2 heteroatoms. The summed E-state index contributed by atoms with van der Waals surface area (Å²) in [5, 5.41) is 0. The highest BCUT2D eigenvalue weighted by atomic mass is 79.9. The molecular formula is C5H10Br2. The van der Waals surface area contributed by atoms with Gasteiger partial charge in [0.2, 0.25) is 0 Å². The summed E-state index contributed by atoms with van der Waals surface area (Å²) >= 11 is 6.78. The molecule has 0 spiro atoms. The van der Waals surface area contributed by atoms with E-state index in [1.54, 1.807) is 0 Å². The van der Waals surface area contributed by atoms with E-state index in [2.05, 4.69) is 38.8 Å². The van der Waals surface area contributed by atoms with Gasteiger partial charge in [-0.05, 0) is 6.42 Å². The fourth-order valence-electron chi connectivity index (χ4n) is 0.358. The van der Waals surface area contributed by atoms with Crippen LogP contribution in [0, 0.1) is 0 Å². The SMILES string of the molecule is CCCCC(Br)Br. The van der Waals surface area contributed by atoms with Crippen molar-refractivity contribution >= 4 is 31.9 Å². The van der Waals surface area contributed by atoms with E-state index in [4.69, 9.17) is 0 Å². The molecule has 0 aromatic rings. The molecule has 0 N–H and O–H groups in total. The zero-order valence-electron chi connectivity index (χ0n) is 4.45. The summed E-state index contributed by atoms with van der Waals surface area (Å²) in [6.45, 7) is 2.20. The van der Waals surface area contributed by atoms with Crippen LogP contribution < -0.4 is 0 Å². The predicted octanol–water partition coefficient (Wildman–Crippen LogP) is 3.29. The van der Waals surface area contributed by atoms with Crippen LogP contribution in [0.4, 0.5) is 0 Å². The summed E-state index contributed by atoms with van der Waals surface area (Å²) in [5.41, 5.74) is 0. The molecule has 0 aromatic heterocycles. The lowest BCUT2D eigenvalue weighted by molar-refractivity contribution is 0.770. The van der Waals surface area contributed by atoms with Crippen LogP contribution in [0.1, 0.15) is 26.2 Å². The van der Waals surface area contributed by atoms with Crippen molar-refractivity contribution in [3.8, 4) is 0 Å². The van der Waals surface area contributed by atoms with Crippen LogP contribution in [-0.2, 0) is 0 Å². The summed E-state index contributed by atoms with van der Waals surface area (Å²) in [7, 11) is 0. The van der Waals surface area contributed by atoms with Gasteiger partial charge in [-0.3, -0.25) is 0 Å². The second-order valence-electron chi connectivity index (χ2n) is 1.53. The molecule has 0 heterocycles. The zero-order valence-corrected chi connectivity index (χ0v) is 7.63. The van der Waals surface area contributed by atoms with Crippen molar-refractivity contribution in [3.63, 3.8) is 0 Å². The third-order valence-electron chi connectivity index (χ3n) is 0.776. The third-order valence-corrected chi connectivity index (χ3v) is 1.69. The first-order valence-corrected chi connectivity index (χ1v) is 4.38. The van der Waals surface area contributed by atoms with Crippen LogP contribution in [0.15, 0.2) is 0 Å². The van der Waals surface area contributed by atoms with Crippen LogP contribution in [-0.4, -0.2) is 3.74 Å². The first-order chi connectivity index (χ1) is 3.27. The fraction of sp³-hybridized carbons (Fsp3) is 1.00. The Morgan fingerprint density at radius 3 is 2.14 bits per heavy atom. The molecule has 0 unspecified atom stereocenters. The maximum Gasteiger partial charge on any atom is 0.0697 e. The van der Waals surface area contributed by atoms with Gasteiger partial charge in [-0.2, -0.15) is 0 Å². The van der Waals surface area contributed by atoms with E-state index in [0.717, 1.165) is 0 Å². The van der Waals surface area contributed by atoms with Crippen molar-refractivity contribution in [1.82, 2.24) is 0 Å². The third kappa shape index (κ3) is 6.96. The minimum atomic E-state index is 0.528. The molecule has 44 valence electrons. The Labute approximate surface area is 61.9 Å². The van der Waals surface area contributed by atoms with Crippen molar-refractivity contribution < 1.29 is 0 Å². The highest BCUT2D eigenvalue weighted by Gasteiger charge is 1.92. The molecule has 7 heavy (non-hydrogen) atoms. The molecule has 0 aliphatic carbocycles. The van der Waals surface area contributed by atoms with E-state index in [9.17, 15) is 0 Å². The summed E-state index contributed by atoms with van der Waals surface area (Å²) in [4.78, 5) is 0. The second-order valence-corrected chi connectivity index (χ2v) is 4.97. The lowest BCUT2D eigenvalue weighted by Gasteiger charge is -1.95. The zero-order chi connectivity index (χ0) is 5.70. The predicted molar refractivity (Wildman–Crippen MR) is 41.2 cm³/mol.